The Morgan fingerprint density at radius 3 is 2.81 bits per heavy atom. The summed E-state index contributed by atoms with van der Waals surface area (Å²) < 4.78 is 3.43. The van der Waals surface area contributed by atoms with Gasteiger partial charge in [-0.15, -0.1) is 0 Å². The maximum absolute atomic E-state index is 12.1. The number of hydrogen-bond donors (Lipinski definition) is 1. The van der Waals surface area contributed by atoms with Crippen LogP contribution in [0.1, 0.15) is 30.9 Å². The summed E-state index contributed by atoms with van der Waals surface area (Å²) in [7, 11) is 0. The van der Waals surface area contributed by atoms with Gasteiger partial charge in [-0.25, -0.2) is 4.79 Å². The molecule has 0 aliphatic rings. The van der Waals surface area contributed by atoms with Crippen molar-refractivity contribution >= 4 is 0 Å². The van der Waals surface area contributed by atoms with Gasteiger partial charge >= 0.3 is 5.69 Å². The molecule has 1 aromatic heterocycles. The van der Waals surface area contributed by atoms with Gasteiger partial charge in [0.25, 0.3) is 0 Å². The van der Waals surface area contributed by atoms with Gasteiger partial charge in [0.15, 0.2) is 0 Å². The maximum atomic E-state index is 12.1. The molecule has 0 spiro atoms. The molecule has 0 bridgehead atoms. The fourth-order valence-corrected chi connectivity index (χ4v) is 2.15. The van der Waals surface area contributed by atoms with Crippen LogP contribution >= 0.6 is 0 Å². The Labute approximate surface area is 124 Å². The van der Waals surface area contributed by atoms with Gasteiger partial charge < -0.3 is 5.11 Å². The average Bonchev–Trinajstić information content (AvgIpc) is 2.82. The van der Waals surface area contributed by atoms with Gasteiger partial charge in [0.2, 0.25) is 0 Å². The van der Waals surface area contributed by atoms with E-state index in [2.05, 4.69) is 18.8 Å². The fourth-order valence-electron chi connectivity index (χ4n) is 2.15. The van der Waals surface area contributed by atoms with Crippen molar-refractivity contribution in [1.82, 2.24) is 9.13 Å². The van der Waals surface area contributed by atoms with Gasteiger partial charge in [0, 0.05) is 30.9 Å². The van der Waals surface area contributed by atoms with E-state index in [1.54, 1.807) is 9.13 Å². The molecule has 21 heavy (non-hydrogen) atoms. The Balaban J connectivity index is 2.15. The fraction of sp³-hybridized carbons (Fsp3) is 0.353. The Kier molecular flexibility index (Phi) is 5.42. The van der Waals surface area contributed by atoms with Crippen LogP contribution in [-0.2, 0) is 13.1 Å². The second kappa shape index (κ2) is 7.51. The third-order valence-electron chi connectivity index (χ3n) is 3.13. The standard InChI is InChI=1S/C17H20N2O2/c1-2-9-18-10-11-19(17(18)21)14-16-8-5-7-15(13-16)6-3-4-12-20/h5,7-8,10-11,13,20H,2,4,9,12,14H2,1H3. The summed E-state index contributed by atoms with van der Waals surface area (Å²) >= 11 is 0. The monoisotopic (exact) mass is 284 g/mol. The molecule has 4 heteroatoms. The third-order valence-corrected chi connectivity index (χ3v) is 3.13. The number of hydrogen-bond acceptors (Lipinski definition) is 2. The van der Waals surface area contributed by atoms with Gasteiger partial charge in [-0.05, 0) is 24.1 Å². The predicted octanol–water partition coefficient (Wildman–Crippen LogP) is 1.84. The van der Waals surface area contributed by atoms with Crippen molar-refractivity contribution in [3.63, 3.8) is 0 Å². The summed E-state index contributed by atoms with van der Waals surface area (Å²) in [5.41, 5.74) is 1.97. The lowest BCUT2D eigenvalue weighted by molar-refractivity contribution is 0.305. The summed E-state index contributed by atoms with van der Waals surface area (Å²) in [5, 5.41) is 8.73. The van der Waals surface area contributed by atoms with Crippen LogP contribution in [-0.4, -0.2) is 20.8 Å². The number of imidazole rings is 1. The average molecular weight is 284 g/mol. The van der Waals surface area contributed by atoms with Crippen LogP contribution in [0, 0.1) is 11.8 Å². The van der Waals surface area contributed by atoms with Crippen LogP contribution in [0.3, 0.4) is 0 Å². The van der Waals surface area contributed by atoms with Crippen LogP contribution in [0.5, 0.6) is 0 Å². The Hall–Kier alpha value is -2.25. The van der Waals surface area contributed by atoms with Crippen LogP contribution in [0.15, 0.2) is 41.5 Å². The molecule has 0 saturated heterocycles. The first-order valence-corrected chi connectivity index (χ1v) is 7.19. The van der Waals surface area contributed by atoms with Gasteiger partial charge in [-0.2, -0.15) is 0 Å². The smallest absolute Gasteiger partial charge is 0.328 e. The van der Waals surface area contributed by atoms with Crippen molar-refractivity contribution in [3.05, 3.63) is 58.3 Å². The topological polar surface area (TPSA) is 47.2 Å². The van der Waals surface area contributed by atoms with E-state index < -0.39 is 0 Å². The quantitative estimate of drug-likeness (QED) is 0.852. The third kappa shape index (κ3) is 4.11. The van der Waals surface area contributed by atoms with E-state index in [0.29, 0.717) is 13.0 Å². The Morgan fingerprint density at radius 1 is 1.24 bits per heavy atom. The van der Waals surface area contributed by atoms with Gasteiger partial charge in [0.05, 0.1) is 13.2 Å². The molecule has 0 amide bonds. The summed E-state index contributed by atoms with van der Waals surface area (Å²) in [6.45, 7) is 3.43. The molecule has 1 heterocycles. The number of nitrogens with zero attached hydrogens (tertiary/aromatic N) is 2. The molecule has 0 unspecified atom stereocenters. The van der Waals surface area contributed by atoms with E-state index in [1.165, 1.54) is 0 Å². The second-order valence-electron chi connectivity index (χ2n) is 4.88. The summed E-state index contributed by atoms with van der Waals surface area (Å²) in [5.74, 6) is 5.91. The maximum Gasteiger partial charge on any atom is 0.328 e. The van der Waals surface area contributed by atoms with Crippen molar-refractivity contribution in [2.75, 3.05) is 6.61 Å². The molecule has 0 saturated carbocycles. The zero-order chi connectivity index (χ0) is 15.1. The molecular weight excluding hydrogens is 264 g/mol. The molecule has 0 radical (unpaired) electrons. The zero-order valence-corrected chi connectivity index (χ0v) is 12.2. The van der Waals surface area contributed by atoms with E-state index in [-0.39, 0.29) is 12.3 Å². The highest BCUT2D eigenvalue weighted by atomic mass is 16.2. The van der Waals surface area contributed by atoms with Gasteiger partial charge in [-0.1, -0.05) is 30.9 Å². The van der Waals surface area contributed by atoms with Crippen LogP contribution < -0.4 is 5.69 Å². The minimum atomic E-state index is 0.0219. The van der Waals surface area contributed by atoms with Crippen LogP contribution in [0.25, 0.3) is 0 Å². The van der Waals surface area contributed by atoms with Gasteiger partial charge in [-0.3, -0.25) is 9.13 Å². The number of aliphatic hydroxyl groups excluding tert-OH is 1. The number of benzene rings is 1. The molecule has 0 fully saturated rings. The molecule has 1 N–H and O–H groups in total. The van der Waals surface area contributed by atoms with Gasteiger partial charge in [0.1, 0.15) is 0 Å². The normalized spacial score (nSPS) is 10.2. The molecule has 0 aliphatic heterocycles. The molecular formula is C17H20N2O2. The Morgan fingerprint density at radius 2 is 2.05 bits per heavy atom. The number of aromatic nitrogens is 2. The summed E-state index contributed by atoms with van der Waals surface area (Å²) in [6.07, 6.45) is 5.07. The molecule has 2 aromatic rings. The van der Waals surface area contributed by atoms with E-state index in [4.69, 9.17) is 5.11 Å². The predicted molar refractivity (Wildman–Crippen MR) is 83.1 cm³/mol. The second-order valence-corrected chi connectivity index (χ2v) is 4.88. The highest BCUT2D eigenvalue weighted by Gasteiger charge is 2.03. The molecule has 1 aromatic carbocycles. The first kappa shape index (κ1) is 15.1. The SMILES string of the molecule is CCCn1ccn(Cc2cccc(C#CCCO)c2)c1=O. The minimum Gasteiger partial charge on any atom is -0.395 e. The first-order valence-electron chi connectivity index (χ1n) is 7.19. The molecule has 0 aliphatic carbocycles. The van der Waals surface area contributed by atoms with E-state index >= 15 is 0 Å². The Bertz CT molecular complexity index is 701. The molecule has 4 nitrogen and oxygen atoms in total. The number of aliphatic hydroxyl groups is 1. The van der Waals surface area contributed by atoms with Crippen molar-refractivity contribution < 1.29 is 5.11 Å². The number of rotatable bonds is 5. The highest BCUT2D eigenvalue weighted by Crippen LogP contribution is 2.06. The largest absolute Gasteiger partial charge is 0.395 e. The van der Waals surface area contributed by atoms with E-state index in [9.17, 15) is 4.79 Å². The molecule has 110 valence electrons. The molecule has 0 atom stereocenters. The minimum absolute atomic E-state index is 0.0219. The summed E-state index contributed by atoms with van der Waals surface area (Å²) in [4.78, 5) is 12.1. The van der Waals surface area contributed by atoms with Crippen LogP contribution in [0.2, 0.25) is 0 Å². The number of aryl methyl sites for hydroxylation is 1. The van der Waals surface area contributed by atoms with Crippen molar-refractivity contribution in [2.24, 2.45) is 0 Å². The highest BCUT2D eigenvalue weighted by molar-refractivity contribution is 5.37. The van der Waals surface area contributed by atoms with Crippen molar-refractivity contribution in [1.29, 1.82) is 0 Å². The lowest BCUT2D eigenvalue weighted by Gasteiger charge is -2.03. The van der Waals surface area contributed by atoms with Crippen molar-refractivity contribution in [2.45, 2.75) is 32.9 Å². The zero-order valence-electron chi connectivity index (χ0n) is 12.2. The first-order chi connectivity index (χ1) is 10.2. The van der Waals surface area contributed by atoms with E-state index in [0.717, 1.165) is 24.1 Å². The summed E-state index contributed by atoms with van der Waals surface area (Å²) in [6, 6.07) is 7.83. The van der Waals surface area contributed by atoms with E-state index in [1.807, 2.05) is 36.7 Å². The lowest BCUT2D eigenvalue weighted by Crippen LogP contribution is -2.24. The van der Waals surface area contributed by atoms with Crippen molar-refractivity contribution in [3.8, 4) is 11.8 Å². The molecule has 2 rings (SSSR count). The lowest BCUT2D eigenvalue weighted by atomic mass is 10.1. The van der Waals surface area contributed by atoms with Crippen LogP contribution in [0.4, 0.5) is 0 Å².